The van der Waals surface area contributed by atoms with Crippen molar-refractivity contribution in [3.05, 3.63) is 18.3 Å². The van der Waals surface area contributed by atoms with E-state index in [0.717, 1.165) is 18.8 Å². The molecule has 0 amide bonds. The minimum absolute atomic E-state index is 0.273. The van der Waals surface area contributed by atoms with Crippen LogP contribution in [-0.2, 0) is 0 Å². The van der Waals surface area contributed by atoms with E-state index in [1.165, 1.54) is 19.3 Å². The van der Waals surface area contributed by atoms with Crippen LogP contribution in [0.5, 0.6) is 0 Å². The van der Waals surface area contributed by atoms with Crippen molar-refractivity contribution in [2.45, 2.75) is 19.3 Å². The van der Waals surface area contributed by atoms with Crippen molar-refractivity contribution in [3.8, 4) is 11.5 Å². The molecule has 3 N–H and O–H groups in total. The molecule has 18 heavy (non-hydrogen) atoms. The van der Waals surface area contributed by atoms with Gasteiger partial charge in [-0.3, -0.25) is 0 Å². The van der Waals surface area contributed by atoms with Gasteiger partial charge in [-0.05, 0) is 31.4 Å². The second-order valence-electron chi connectivity index (χ2n) is 4.45. The Morgan fingerprint density at radius 2 is 1.94 bits per heavy atom. The van der Waals surface area contributed by atoms with Gasteiger partial charge in [0, 0.05) is 19.3 Å². The molecule has 0 spiro atoms. The van der Waals surface area contributed by atoms with Crippen molar-refractivity contribution in [2.75, 3.05) is 23.7 Å². The Hall–Kier alpha value is -2.11. The highest BCUT2D eigenvalue weighted by atomic mass is 15.3. The SMILES string of the molecule is Nc1nc(-c2ccc[nH]2)nc(N2CCCCC2)n1. The molecule has 0 atom stereocenters. The summed E-state index contributed by atoms with van der Waals surface area (Å²) in [5.41, 5.74) is 6.63. The van der Waals surface area contributed by atoms with Gasteiger partial charge in [-0.1, -0.05) is 0 Å². The zero-order valence-electron chi connectivity index (χ0n) is 10.1. The molecule has 0 saturated carbocycles. The monoisotopic (exact) mass is 244 g/mol. The molecular formula is C12H16N6. The first-order valence-electron chi connectivity index (χ1n) is 6.23. The molecule has 1 aliphatic heterocycles. The molecule has 1 aliphatic rings. The highest BCUT2D eigenvalue weighted by molar-refractivity contribution is 5.53. The molecule has 2 aromatic rings. The molecule has 3 rings (SSSR count). The topological polar surface area (TPSA) is 83.7 Å². The maximum atomic E-state index is 5.77. The van der Waals surface area contributed by atoms with E-state index in [2.05, 4.69) is 24.8 Å². The summed E-state index contributed by atoms with van der Waals surface area (Å²) in [6.07, 6.45) is 5.49. The van der Waals surface area contributed by atoms with Crippen LogP contribution in [0.3, 0.4) is 0 Å². The molecule has 0 unspecified atom stereocenters. The number of nitrogens with one attached hydrogen (secondary N) is 1. The Balaban J connectivity index is 1.95. The summed E-state index contributed by atoms with van der Waals surface area (Å²) >= 11 is 0. The predicted molar refractivity (Wildman–Crippen MR) is 70.1 cm³/mol. The maximum absolute atomic E-state index is 5.77. The molecule has 0 aromatic carbocycles. The normalized spacial score (nSPS) is 15.9. The van der Waals surface area contributed by atoms with Gasteiger partial charge in [0.1, 0.15) is 0 Å². The van der Waals surface area contributed by atoms with Crippen molar-refractivity contribution in [2.24, 2.45) is 0 Å². The van der Waals surface area contributed by atoms with E-state index in [9.17, 15) is 0 Å². The average molecular weight is 244 g/mol. The Bertz CT molecular complexity index is 515. The summed E-state index contributed by atoms with van der Waals surface area (Å²) in [5.74, 6) is 1.56. The van der Waals surface area contributed by atoms with Gasteiger partial charge >= 0.3 is 0 Å². The van der Waals surface area contributed by atoms with Gasteiger partial charge in [-0.2, -0.15) is 15.0 Å². The van der Waals surface area contributed by atoms with Gasteiger partial charge in [0.25, 0.3) is 0 Å². The van der Waals surface area contributed by atoms with Crippen LogP contribution in [0.15, 0.2) is 18.3 Å². The lowest BCUT2D eigenvalue weighted by atomic mass is 10.1. The van der Waals surface area contributed by atoms with Crippen LogP contribution in [0.2, 0.25) is 0 Å². The van der Waals surface area contributed by atoms with Crippen LogP contribution in [0.4, 0.5) is 11.9 Å². The average Bonchev–Trinajstić information content (AvgIpc) is 2.93. The first kappa shape index (κ1) is 11.0. The highest BCUT2D eigenvalue weighted by Gasteiger charge is 2.16. The zero-order chi connectivity index (χ0) is 12.4. The number of nitrogens with zero attached hydrogens (tertiary/aromatic N) is 4. The summed E-state index contributed by atoms with van der Waals surface area (Å²) in [6, 6.07) is 3.84. The molecule has 0 bridgehead atoms. The van der Waals surface area contributed by atoms with Crippen molar-refractivity contribution < 1.29 is 0 Å². The van der Waals surface area contributed by atoms with E-state index in [4.69, 9.17) is 5.73 Å². The number of nitrogens with two attached hydrogens (primary N) is 1. The number of piperidine rings is 1. The molecule has 2 aromatic heterocycles. The molecule has 1 fully saturated rings. The third-order valence-electron chi connectivity index (χ3n) is 3.12. The van der Waals surface area contributed by atoms with Crippen molar-refractivity contribution in [1.82, 2.24) is 19.9 Å². The minimum Gasteiger partial charge on any atom is -0.368 e. The fourth-order valence-corrected chi connectivity index (χ4v) is 2.21. The number of aromatic nitrogens is 4. The van der Waals surface area contributed by atoms with Crippen LogP contribution in [0.1, 0.15) is 19.3 Å². The Kier molecular flexibility index (Phi) is 2.84. The smallest absolute Gasteiger partial charge is 0.230 e. The van der Waals surface area contributed by atoms with E-state index in [-0.39, 0.29) is 5.95 Å². The summed E-state index contributed by atoms with van der Waals surface area (Å²) < 4.78 is 0. The van der Waals surface area contributed by atoms with E-state index in [0.29, 0.717) is 11.8 Å². The molecule has 6 nitrogen and oxygen atoms in total. The standard InChI is InChI=1S/C12H16N6/c13-11-15-10(9-5-4-6-14-9)16-12(17-11)18-7-2-1-3-8-18/h4-6,14H,1-3,7-8H2,(H2,13,15,16,17). The summed E-state index contributed by atoms with van der Waals surface area (Å²) in [7, 11) is 0. The lowest BCUT2D eigenvalue weighted by Crippen LogP contribution is -2.31. The van der Waals surface area contributed by atoms with E-state index >= 15 is 0 Å². The molecule has 6 heteroatoms. The second-order valence-corrected chi connectivity index (χ2v) is 4.45. The van der Waals surface area contributed by atoms with Crippen LogP contribution < -0.4 is 10.6 Å². The molecule has 0 aliphatic carbocycles. The lowest BCUT2D eigenvalue weighted by molar-refractivity contribution is 0.568. The van der Waals surface area contributed by atoms with Crippen LogP contribution >= 0.6 is 0 Å². The maximum Gasteiger partial charge on any atom is 0.230 e. The first-order chi connectivity index (χ1) is 8.83. The Morgan fingerprint density at radius 3 is 2.67 bits per heavy atom. The highest BCUT2D eigenvalue weighted by Crippen LogP contribution is 2.19. The van der Waals surface area contributed by atoms with Gasteiger partial charge in [0.15, 0.2) is 5.82 Å². The van der Waals surface area contributed by atoms with Gasteiger partial charge in [-0.15, -0.1) is 0 Å². The van der Waals surface area contributed by atoms with Crippen molar-refractivity contribution in [3.63, 3.8) is 0 Å². The predicted octanol–water partition coefficient (Wildman–Crippen LogP) is 1.44. The fraction of sp³-hybridized carbons (Fsp3) is 0.417. The number of aromatic amines is 1. The zero-order valence-corrected chi connectivity index (χ0v) is 10.1. The van der Waals surface area contributed by atoms with E-state index in [1.807, 2.05) is 18.3 Å². The minimum atomic E-state index is 0.273. The molecule has 0 radical (unpaired) electrons. The van der Waals surface area contributed by atoms with Crippen molar-refractivity contribution >= 4 is 11.9 Å². The molecule has 94 valence electrons. The number of H-pyrrole nitrogens is 1. The quantitative estimate of drug-likeness (QED) is 0.835. The second kappa shape index (κ2) is 4.64. The van der Waals surface area contributed by atoms with Crippen LogP contribution in [0, 0.1) is 0 Å². The largest absolute Gasteiger partial charge is 0.368 e. The number of rotatable bonds is 2. The van der Waals surface area contributed by atoms with E-state index < -0.39 is 0 Å². The molecule has 3 heterocycles. The number of nitrogen functional groups attached to an aromatic ring is 1. The van der Waals surface area contributed by atoms with Gasteiger partial charge in [-0.25, -0.2) is 0 Å². The van der Waals surface area contributed by atoms with Crippen molar-refractivity contribution in [1.29, 1.82) is 0 Å². The van der Waals surface area contributed by atoms with Gasteiger partial charge < -0.3 is 15.6 Å². The fourth-order valence-electron chi connectivity index (χ4n) is 2.21. The summed E-state index contributed by atoms with van der Waals surface area (Å²) in [5, 5.41) is 0. The third kappa shape index (κ3) is 2.13. The third-order valence-corrected chi connectivity index (χ3v) is 3.12. The summed E-state index contributed by atoms with van der Waals surface area (Å²) in [6.45, 7) is 1.99. The van der Waals surface area contributed by atoms with E-state index in [1.54, 1.807) is 0 Å². The summed E-state index contributed by atoms with van der Waals surface area (Å²) in [4.78, 5) is 18.2. The van der Waals surface area contributed by atoms with Gasteiger partial charge in [0.05, 0.1) is 5.69 Å². The first-order valence-corrected chi connectivity index (χ1v) is 6.23. The van der Waals surface area contributed by atoms with Crippen LogP contribution in [0.25, 0.3) is 11.5 Å². The van der Waals surface area contributed by atoms with Gasteiger partial charge in [0.2, 0.25) is 11.9 Å². The molecule has 1 saturated heterocycles. The molecular weight excluding hydrogens is 228 g/mol. The number of hydrogen-bond acceptors (Lipinski definition) is 5. The lowest BCUT2D eigenvalue weighted by Gasteiger charge is -2.26. The number of anilines is 2. The Morgan fingerprint density at radius 1 is 1.11 bits per heavy atom. The van der Waals surface area contributed by atoms with Crippen LogP contribution in [-0.4, -0.2) is 33.0 Å². The Labute approximate surface area is 105 Å². The number of hydrogen-bond donors (Lipinski definition) is 2.